The maximum absolute atomic E-state index is 13.3. The van der Waals surface area contributed by atoms with E-state index in [-0.39, 0.29) is 23.8 Å². The number of benzene rings is 1. The quantitative estimate of drug-likeness (QED) is 0.558. The van der Waals surface area contributed by atoms with E-state index < -0.39 is 0 Å². The molecule has 3 aromatic rings. The zero-order valence-electron chi connectivity index (χ0n) is 15.7. The molecule has 9 heteroatoms. The van der Waals surface area contributed by atoms with Gasteiger partial charge in [-0.1, -0.05) is 19.1 Å². The van der Waals surface area contributed by atoms with Gasteiger partial charge in [0.05, 0.1) is 24.0 Å². The predicted octanol–water partition coefficient (Wildman–Crippen LogP) is 3.75. The smallest absolute Gasteiger partial charge is 0.222 e. The molecule has 0 fully saturated rings. The van der Waals surface area contributed by atoms with E-state index in [9.17, 15) is 13.8 Å². The number of nitrogens with zero attached hydrogens (tertiary/aromatic N) is 4. The standard InChI is InChI=1S/C19H22FN5O2S/c1-3-18(27)24(2)10-6-9-21-17-11-14(13-7-4-5-8-15(13)26)23-19-16(28-20)12-22-25(17)19/h4-5,7-8,11-12,21,26H,3,6,9-10H2,1-2H3. The van der Waals surface area contributed by atoms with Gasteiger partial charge >= 0.3 is 0 Å². The number of anilines is 1. The third-order valence-corrected chi connectivity index (χ3v) is 4.86. The van der Waals surface area contributed by atoms with Crippen molar-refractivity contribution in [2.24, 2.45) is 0 Å². The number of halogens is 1. The second kappa shape index (κ2) is 8.92. The van der Waals surface area contributed by atoms with Crippen LogP contribution in [0.4, 0.5) is 9.70 Å². The molecule has 0 bridgehead atoms. The molecule has 0 spiro atoms. The first-order valence-electron chi connectivity index (χ1n) is 8.98. The Balaban J connectivity index is 1.85. The lowest BCUT2D eigenvalue weighted by molar-refractivity contribution is -0.129. The van der Waals surface area contributed by atoms with Crippen LogP contribution in [0.5, 0.6) is 5.75 Å². The molecule has 0 atom stereocenters. The zero-order chi connectivity index (χ0) is 20.1. The van der Waals surface area contributed by atoms with Crippen LogP contribution in [-0.2, 0) is 4.79 Å². The minimum absolute atomic E-state index is 0.0794. The Morgan fingerprint density at radius 3 is 2.89 bits per heavy atom. The first-order chi connectivity index (χ1) is 13.5. The van der Waals surface area contributed by atoms with E-state index in [1.54, 1.807) is 42.3 Å². The Bertz CT molecular complexity index is 978. The third-order valence-electron chi connectivity index (χ3n) is 4.41. The molecule has 0 saturated carbocycles. The SMILES string of the molecule is CCC(=O)N(C)CCCNc1cc(-c2ccccc2O)nc2c(SF)cnn12. The van der Waals surface area contributed by atoms with Crippen LogP contribution >= 0.6 is 12.1 Å². The molecule has 0 aliphatic heterocycles. The molecule has 0 radical (unpaired) electrons. The number of aromatic hydroxyl groups is 1. The lowest BCUT2D eigenvalue weighted by Gasteiger charge is -2.17. The number of para-hydroxylation sites is 1. The van der Waals surface area contributed by atoms with Gasteiger partial charge in [-0.15, -0.1) is 0 Å². The van der Waals surface area contributed by atoms with Crippen LogP contribution in [0.15, 0.2) is 41.4 Å². The fourth-order valence-electron chi connectivity index (χ4n) is 2.88. The van der Waals surface area contributed by atoms with E-state index in [0.29, 0.717) is 47.1 Å². The molecule has 0 aliphatic carbocycles. The number of carbonyl (C=O) groups is 1. The van der Waals surface area contributed by atoms with Crippen molar-refractivity contribution in [1.82, 2.24) is 19.5 Å². The van der Waals surface area contributed by atoms with Crippen molar-refractivity contribution < 1.29 is 13.8 Å². The molecule has 2 heterocycles. The summed E-state index contributed by atoms with van der Waals surface area (Å²) in [6, 6.07) is 8.63. The highest BCUT2D eigenvalue weighted by molar-refractivity contribution is 7.94. The highest BCUT2D eigenvalue weighted by Gasteiger charge is 2.15. The Morgan fingerprint density at radius 2 is 2.18 bits per heavy atom. The second-order valence-corrected chi connectivity index (χ2v) is 6.91. The van der Waals surface area contributed by atoms with E-state index >= 15 is 0 Å². The van der Waals surface area contributed by atoms with Gasteiger partial charge in [0, 0.05) is 38.2 Å². The molecule has 148 valence electrons. The summed E-state index contributed by atoms with van der Waals surface area (Å²) in [5.41, 5.74) is 1.44. The van der Waals surface area contributed by atoms with Crippen LogP contribution in [-0.4, -0.2) is 50.6 Å². The Labute approximate surface area is 166 Å². The second-order valence-electron chi connectivity index (χ2n) is 6.31. The van der Waals surface area contributed by atoms with Crippen LogP contribution < -0.4 is 5.32 Å². The summed E-state index contributed by atoms with van der Waals surface area (Å²) in [5, 5.41) is 17.6. The summed E-state index contributed by atoms with van der Waals surface area (Å²) >= 11 is 0.0794. The summed E-state index contributed by atoms with van der Waals surface area (Å²) in [7, 11) is 1.78. The van der Waals surface area contributed by atoms with Gasteiger partial charge in [0.2, 0.25) is 5.91 Å². The molecule has 0 aliphatic rings. The summed E-state index contributed by atoms with van der Waals surface area (Å²) in [6.07, 6.45) is 2.64. The predicted molar refractivity (Wildman–Crippen MR) is 108 cm³/mol. The van der Waals surface area contributed by atoms with Gasteiger partial charge < -0.3 is 15.3 Å². The van der Waals surface area contributed by atoms with Crippen LogP contribution in [0, 0.1) is 0 Å². The van der Waals surface area contributed by atoms with E-state index in [1.165, 1.54) is 10.7 Å². The summed E-state index contributed by atoms with van der Waals surface area (Å²) < 4.78 is 14.8. The number of hydrogen-bond donors (Lipinski definition) is 2. The van der Waals surface area contributed by atoms with Crippen LogP contribution in [0.1, 0.15) is 19.8 Å². The van der Waals surface area contributed by atoms with Crippen molar-refractivity contribution in [3.8, 4) is 17.0 Å². The van der Waals surface area contributed by atoms with Crippen LogP contribution in [0.3, 0.4) is 0 Å². The summed E-state index contributed by atoms with van der Waals surface area (Å²) in [5.74, 6) is 0.830. The van der Waals surface area contributed by atoms with Gasteiger partial charge in [-0.3, -0.25) is 4.79 Å². The average molecular weight is 403 g/mol. The van der Waals surface area contributed by atoms with Crippen molar-refractivity contribution >= 4 is 29.5 Å². The lowest BCUT2D eigenvalue weighted by Crippen LogP contribution is -2.28. The van der Waals surface area contributed by atoms with E-state index in [0.717, 1.165) is 6.42 Å². The maximum atomic E-state index is 13.3. The molecule has 0 saturated heterocycles. The molecule has 2 aromatic heterocycles. The molecule has 3 rings (SSSR count). The number of phenols is 1. The van der Waals surface area contributed by atoms with Gasteiger partial charge in [-0.25, -0.2) is 4.98 Å². The van der Waals surface area contributed by atoms with Crippen molar-refractivity contribution in [3.05, 3.63) is 36.5 Å². The molecule has 1 amide bonds. The Kier molecular flexibility index (Phi) is 6.35. The van der Waals surface area contributed by atoms with Gasteiger partial charge in [0.1, 0.15) is 16.5 Å². The van der Waals surface area contributed by atoms with Gasteiger partial charge in [-0.2, -0.15) is 13.5 Å². The summed E-state index contributed by atoms with van der Waals surface area (Å²) in [4.78, 5) is 18.1. The molecule has 0 unspecified atom stereocenters. The lowest BCUT2D eigenvalue weighted by atomic mass is 10.1. The zero-order valence-corrected chi connectivity index (χ0v) is 16.5. The van der Waals surface area contributed by atoms with Crippen molar-refractivity contribution in [1.29, 1.82) is 0 Å². The first kappa shape index (κ1) is 19.9. The van der Waals surface area contributed by atoms with E-state index in [2.05, 4.69) is 15.4 Å². The maximum Gasteiger partial charge on any atom is 0.222 e. The highest BCUT2D eigenvalue weighted by Crippen LogP contribution is 2.32. The molecule has 2 N–H and O–H groups in total. The minimum atomic E-state index is 0.0794. The fourth-order valence-corrected chi connectivity index (χ4v) is 3.17. The van der Waals surface area contributed by atoms with Crippen molar-refractivity contribution in [3.63, 3.8) is 0 Å². The normalized spacial score (nSPS) is 11.0. The van der Waals surface area contributed by atoms with Gasteiger partial charge in [0.15, 0.2) is 5.65 Å². The largest absolute Gasteiger partial charge is 0.507 e. The Hall–Kier alpha value is -2.81. The van der Waals surface area contributed by atoms with Crippen LogP contribution in [0.2, 0.25) is 0 Å². The number of fused-ring (bicyclic) bond motifs is 1. The Morgan fingerprint density at radius 1 is 1.39 bits per heavy atom. The third kappa shape index (κ3) is 4.19. The van der Waals surface area contributed by atoms with Crippen molar-refractivity contribution in [2.45, 2.75) is 24.7 Å². The van der Waals surface area contributed by atoms with Gasteiger partial charge in [-0.05, 0) is 18.6 Å². The van der Waals surface area contributed by atoms with E-state index in [4.69, 9.17) is 0 Å². The molecule has 28 heavy (non-hydrogen) atoms. The van der Waals surface area contributed by atoms with E-state index in [1.807, 2.05) is 6.92 Å². The number of carbonyl (C=O) groups excluding carboxylic acids is 1. The average Bonchev–Trinajstić information content (AvgIpc) is 3.13. The minimum Gasteiger partial charge on any atom is -0.507 e. The monoisotopic (exact) mass is 403 g/mol. The summed E-state index contributed by atoms with van der Waals surface area (Å²) in [6.45, 7) is 3.06. The molecule has 7 nitrogen and oxygen atoms in total. The highest BCUT2D eigenvalue weighted by atomic mass is 32.2. The number of amides is 1. The molecule has 1 aromatic carbocycles. The number of hydrogen-bond acceptors (Lipinski definition) is 6. The number of rotatable bonds is 8. The van der Waals surface area contributed by atoms with Gasteiger partial charge in [0.25, 0.3) is 0 Å². The van der Waals surface area contributed by atoms with Crippen molar-refractivity contribution in [2.75, 3.05) is 25.5 Å². The molecular weight excluding hydrogens is 381 g/mol. The number of phenolic OH excluding ortho intramolecular Hbond substituents is 1. The number of aromatic nitrogens is 3. The topological polar surface area (TPSA) is 82.8 Å². The van der Waals surface area contributed by atoms with Crippen LogP contribution in [0.25, 0.3) is 16.9 Å². The number of nitrogens with one attached hydrogen (secondary N) is 1. The fraction of sp³-hybridized carbons (Fsp3) is 0.316. The molecular formula is C19H22FN5O2S. The first-order valence-corrected chi connectivity index (χ1v) is 9.70.